The molecule has 0 fully saturated rings. The molecular formula is C17H23BrN2. The molecule has 0 spiro atoms. The van der Waals surface area contributed by atoms with Gasteiger partial charge < -0.3 is 0 Å². The molecule has 20 heavy (non-hydrogen) atoms. The van der Waals surface area contributed by atoms with E-state index in [1.807, 2.05) is 4.68 Å². The summed E-state index contributed by atoms with van der Waals surface area (Å²) in [6, 6.07) is 11.2. The Hall–Kier alpha value is -1.09. The molecule has 2 rings (SSSR count). The summed E-state index contributed by atoms with van der Waals surface area (Å²) in [6.45, 7) is 6.51. The fourth-order valence-electron chi connectivity index (χ4n) is 2.40. The molecule has 0 radical (unpaired) electrons. The van der Waals surface area contributed by atoms with Gasteiger partial charge >= 0.3 is 0 Å². The molecule has 0 aliphatic heterocycles. The van der Waals surface area contributed by atoms with E-state index in [1.165, 1.54) is 16.8 Å². The van der Waals surface area contributed by atoms with Gasteiger partial charge in [-0.3, -0.25) is 4.68 Å². The maximum Gasteiger partial charge on any atom is 0.0627 e. The minimum absolute atomic E-state index is 0.433. The normalized spacial score (nSPS) is 12.8. The van der Waals surface area contributed by atoms with Crippen LogP contribution in [0.1, 0.15) is 36.7 Å². The molecule has 0 bridgehead atoms. The number of rotatable bonds is 6. The van der Waals surface area contributed by atoms with Crippen LogP contribution in [-0.4, -0.2) is 15.1 Å². The lowest BCUT2D eigenvalue weighted by molar-refractivity contribution is 0.512. The smallest absolute Gasteiger partial charge is 0.0627 e. The maximum absolute atomic E-state index is 4.66. The van der Waals surface area contributed by atoms with E-state index in [0.717, 1.165) is 18.2 Å². The highest BCUT2D eigenvalue weighted by Gasteiger charge is 2.13. The summed E-state index contributed by atoms with van der Waals surface area (Å²) in [5.74, 6) is 0.589. The van der Waals surface area contributed by atoms with Gasteiger partial charge in [-0.25, -0.2) is 0 Å². The van der Waals surface area contributed by atoms with E-state index in [2.05, 4.69) is 78.3 Å². The van der Waals surface area contributed by atoms with Crippen LogP contribution in [0.4, 0.5) is 0 Å². The van der Waals surface area contributed by atoms with Crippen LogP contribution >= 0.6 is 15.9 Å². The van der Waals surface area contributed by atoms with Gasteiger partial charge in [0.1, 0.15) is 0 Å². The Morgan fingerprint density at radius 1 is 1.15 bits per heavy atom. The third-order valence-corrected chi connectivity index (χ3v) is 4.59. The lowest BCUT2D eigenvalue weighted by atomic mass is 9.94. The standard InChI is InChI=1S/C17H23BrN2/c1-13(2)20-9-8-17(19-20)11-15(12-18)10-16-7-5-4-6-14(16)3/h4-9,13,15H,10-12H2,1-3H3. The maximum atomic E-state index is 4.66. The van der Waals surface area contributed by atoms with Gasteiger partial charge in [0.15, 0.2) is 0 Å². The molecular weight excluding hydrogens is 312 g/mol. The first-order valence-electron chi connectivity index (χ1n) is 7.24. The van der Waals surface area contributed by atoms with Crippen molar-refractivity contribution in [3.8, 4) is 0 Å². The SMILES string of the molecule is Cc1ccccc1CC(CBr)Cc1ccn(C(C)C)n1. The van der Waals surface area contributed by atoms with Crippen molar-refractivity contribution in [1.29, 1.82) is 0 Å². The van der Waals surface area contributed by atoms with Gasteiger partial charge in [-0.05, 0) is 56.7 Å². The molecule has 1 atom stereocenters. The van der Waals surface area contributed by atoms with Crippen LogP contribution in [0.3, 0.4) is 0 Å². The largest absolute Gasteiger partial charge is 0.270 e. The number of alkyl halides is 1. The van der Waals surface area contributed by atoms with Crippen LogP contribution in [0.2, 0.25) is 0 Å². The first-order chi connectivity index (χ1) is 9.60. The summed E-state index contributed by atoms with van der Waals surface area (Å²) in [5.41, 5.74) is 4.02. The van der Waals surface area contributed by atoms with E-state index in [4.69, 9.17) is 0 Å². The second-order valence-electron chi connectivity index (χ2n) is 5.74. The molecule has 3 heteroatoms. The molecule has 2 nitrogen and oxygen atoms in total. The fourth-order valence-corrected chi connectivity index (χ4v) is 2.86. The van der Waals surface area contributed by atoms with Gasteiger partial charge in [0.2, 0.25) is 0 Å². The highest BCUT2D eigenvalue weighted by Crippen LogP contribution is 2.19. The number of nitrogens with zero attached hydrogens (tertiary/aromatic N) is 2. The summed E-state index contributed by atoms with van der Waals surface area (Å²) in [6.07, 6.45) is 4.21. The lowest BCUT2D eigenvalue weighted by Gasteiger charge is -2.14. The Kier molecular flexibility index (Phi) is 5.41. The fraction of sp³-hybridized carbons (Fsp3) is 0.471. The molecule has 1 aromatic carbocycles. The van der Waals surface area contributed by atoms with Crippen LogP contribution in [0.5, 0.6) is 0 Å². The van der Waals surface area contributed by atoms with Gasteiger partial charge in [0, 0.05) is 17.6 Å². The van der Waals surface area contributed by atoms with Crippen LogP contribution in [0.15, 0.2) is 36.5 Å². The summed E-state index contributed by atoms with van der Waals surface area (Å²) >= 11 is 3.66. The predicted molar refractivity (Wildman–Crippen MR) is 88.5 cm³/mol. The zero-order chi connectivity index (χ0) is 14.5. The molecule has 1 aromatic heterocycles. The lowest BCUT2D eigenvalue weighted by Crippen LogP contribution is -2.12. The third kappa shape index (κ3) is 3.95. The molecule has 2 aromatic rings. The van der Waals surface area contributed by atoms with Crippen LogP contribution < -0.4 is 0 Å². The average molecular weight is 335 g/mol. The summed E-state index contributed by atoms with van der Waals surface area (Å²) in [5, 5.41) is 5.67. The minimum Gasteiger partial charge on any atom is -0.270 e. The number of halogens is 1. The van der Waals surface area contributed by atoms with Gasteiger partial charge in [0.25, 0.3) is 0 Å². The number of benzene rings is 1. The molecule has 1 unspecified atom stereocenters. The van der Waals surface area contributed by atoms with Gasteiger partial charge in [-0.1, -0.05) is 40.2 Å². The highest BCUT2D eigenvalue weighted by molar-refractivity contribution is 9.09. The molecule has 0 aliphatic carbocycles. The van der Waals surface area contributed by atoms with Crippen molar-refractivity contribution in [3.05, 3.63) is 53.3 Å². The van der Waals surface area contributed by atoms with E-state index in [-0.39, 0.29) is 0 Å². The number of hydrogen-bond donors (Lipinski definition) is 0. The summed E-state index contributed by atoms with van der Waals surface area (Å²) in [4.78, 5) is 0. The molecule has 1 heterocycles. The Bertz CT molecular complexity index is 545. The second-order valence-corrected chi connectivity index (χ2v) is 6.38. The van der Waals surface area contributed by atoms with Gasteiger partial charge in [-0.2, -0.15) is 5.10 Å². The topological polar surface area (TPSA) is 17.8 Å². The van der Waals surface area contributed by atoms with E-state index in [1.54, 1.807) is 0 Å². The van der Waals surface area contributed by atoms with Crippen molar-refractivity contribution < 1.29 is 0 Å². The summed E-state index contributed by atoms with van der Waals surface area (Å²) in [7, 11) is 0. The molecule has 0 aliphatic rings. The third-order valence-electron chi connectivity index (χ3n) is 3.68. The number of aromatic nitrogens is 2. The van der Waals surface area contributed by atoms with E-state index in [0.29, 0.717) is 12.0 Å². The quantitative estimate of drug-likeness (QED) is 0.707. The Balaban J connectivity index is 2.03. The van der Waals surface area contributed by atoms with Crippen molar-refractivity contribution in [2.24, 2.45) is 5.92 Å². The van der Waals surface area contributed by atoms with Crippen molar-refractivity contribution in [1.82, 2.24) is 9.78 Å². The molecule has 0 N–H and O–H groups in total. The monoisotopic (exact) mass is 334 g/mol. The van der Waals surface area contributed by atoms with Crippen LogP contribution in [0.25, 0.3) is 0 Å². The number of hydrogen-bond acceptors (Lipinski definition) is 1. The zero-order valence-electron chi connectivity index (χ0n) is 12.5. The zero-order valence-corrected chi connectivity index (χ0v) is 14.1. The predicted octanol–water partition coefficient (Wildman–Crippen LogP) is 4.57. The molecule has 108 valence electrons. The van der Waals surface area contributed by atoms with Crippen LogP contribution in [0, 0.1) is 12.8 Å². The first-order valence-corrected chi connectivity index (χ1v) is 8.36. The summed E-state index contributed by atoms with van der Waals surface area (Å²) < 4.78 is 2.04. The second kappa shape index (κ2) is 7.07. The molecule has 0 saturated heterocycles. The van der Waals surface area contributed by atoms with Crippen molar-refractivity contribution >= 4 is 15.9 Å². The Labute approximate surface area is 130 Å². The van der Waals surface area contributed by atoms with Crippen molar-refractivity contribution in [3.63, 3.8) is 0 Å². The average Bonchev–Trinajstić information content (AvgIpc) is 2.89. The van der Waals surface area contributed by atoms with Gasteiger partial charge in [-0.15, -0.1) is 0 Å². The molecule has 0 amide bonds. The molecule has 0 saturated carbocycles. The Morgan fingerprint density at radius 3 is 2.50 bits per heavy atom. The Morgan fingerprint density at radius 2 is 1.90 bits per heavy atom. The van der Waals surface area contributed by atoms with Crippen molar-refractivity contribution in [2.75, 3.05) is 5.33 Å². The number of aryl methyl sites for hydroxylation is 1. The minimum atomic E-state index is 0.433. The van der Waals surface area contributed by atoms with E-state index in [9.17, 15) is 0 Å². The van der Waals surface area contributed by atoms with Gasteiger partial charge in [0.05, 0.1) is 5.69 Å². The van der Waals surface area contributed by atoms with E-state index >= 15 is 0 Å². The van der Waals surface area contributed by atoms with E-state index < -0.39 is 0 Å². The highest BCUT2D eigenvalue weighted by atomic mass is 79.9. The van der Waals surface area contributed by atoms with Crippen LogP contribution in [-0.2, 0) is 12.8 Å². The first kappa shape index (κ1) is 15.3. The van der Waals surface area contributed by atoms with Crippen molar-refractivity contribution in [2.45, 2.75) is 39.7 Å².